The molecule has 0 radical (unpaired) electrons. The minimum Gasteiger partial charge on any atom is -0.398 e. The molecule has 1 aromatic heterocycles. The van der Waals surface area contributed by atoms with Crippen molar-refractivity contribution in [3.8, 4) is 0 Å². The summed E-state index contributed by atoms with van der Waals surface area (Å²) in [4.78, 5) is 0.268. The molecule has 2 N–H and O–H groups in total. The number of hydrogen-bond donors (Lipinski definition) is 1. The van der Waals surface area contributed by atoms with Crippen molar-refractivity contribution in [2.24, 2.45) is 0 Å². The Bertz CT molecular complexity index is 923. The van der Waals surface area contributed by atoms with Crippen LogP contribution in [0, 0.1) is 13.8 Å². The van der Waals surface area contributed by atoms with Gasteiger partial charge in [0.2, 0.25) is 0 Å². The highest BCUT2D eigenvalue weighted by atomic mass is 32.2. The molecular formula is C16H16N2O2S. The van der Waals surface area contributed by atoms with Gasteiger partial charge in [0.1, 0.15) is 0 Å². The van der Waals surface area contributed by atoms with E-state index in [2.05, 4.69) is 0 Å². The molecule has 0 aliphatic carbocycles. The molecule has 0 saturated heterocycles. The predicted octanol–water partition coefficient (Wildman–Crippen LogP) is 3.08. The Balaban J connectivity index is 2.25. The van der Waals surface area contributed by atoms with Crippen molar-refractivity contribution in [1.29, 1.82) is 0 Å². The molecule has 3 rings (SSSR count). The summed E-state index contributed by atoms with van der Waals surface area (Å²) in [7, 11) is -3.61. The van der Waals surface area contributed by atoms with Gasteiger partial charge in [0, 0.05) is 17.3 Å². The Labute approximate surface area is 123 Å². The van der Waals surface area contributed by atoms with Crippen LogP contribution in [0.5, 0.6) is 0 Å². The second-order valence-corrected chi connectivity index (χ2v) is 6.97. The third-order valence-corrected chi connectivity index (χ3v) is 5.38. The number of anilines is 1. The highest BCUT2D eigenvalue weighted by Crippen LogP contribution is 2.28. The SMILES string of the molecule is Cc1ccc(S(=O)(=O)n2ccc3c(N)c(C)ccc32)cc1. The van der Waals surface area contributed by atoms with Crippen molar-refractivity contribution in [1.82, 2.24) is 3.97 Å². The van der Waals surface area contributed by atoms with Crippen molar-refractivity contribution >= 4 is 26.6 Å². The number of nitrogens with two attached hydrogens (primary N) is 1. The molecule has 0 aliphatic rings. The second-order valence-electron chi connectivity index (χ2n) is 5.16. The van der Waals surface area contributed by atoms with E-state index in [-0.39, 0.29) is 4.90 Å². The molecule has 0 unspecified atom stereocenters. The third kappa shape index (κ3) is 2.10. The van der Waals surface area contributed by atoms with Crippen LogP contribution in [0.1, 0.15) is 11.1 Å². The molecule has 0 atom stereocenters. The van der Waals surface area contributed by atoms with E-state index in [4.69, 9.17) is 5.73 Å². The summed E-state index contributed by atoms with van der Waals surface area (Å²) in [6.45, 7) is 3.82. The van der Waals surface area contributed by atoms with Gasteiger partial charge < -0.3 is 5.73 Å². The number of hydrogen-bond acceptors (Lipinski definition) is 3. The number of nitrogens with zero attached hydrogens (tertiary/aromatic N) is 1. The van der Waals surface area contributed by atoms with Gasteiger partial charge in [-0.2, -0.15) is 0 Å². The van der Waals surface area contributed by atoms with Crippen LogP contribution < -0.4 is 5.73 Å². The van der Waals surface area contributed by atoms with Crippen molar-refractivity contribution in [3.63, 3.8) is 0 Å². The summed E-state index contributed by atoms with van der Waals surface area (Å²) in [5, 5.41) is 0.755. The Morgan fingerprint density at radius 3 is 2.29 bits per heavy atom. The molecule has 0 spiro atoms. The molecule has 0 fully saturated rings. The lowest BCUT2D eigenvalue weighted by molar-refractivity contribution is 0.589. The molecule has 2 aromatic carbocycles. The van der Waals surface area contributed by atoms with Crippen molar-refractivity contribution in [2.75, 3.05) is 5.73 Å². The first-order chi connectivity index (χ1) is 9.91. The lowest BCUT2D eigenvalue weighted by Gasteiger charge is -2.09. The van der Waals surface area contributed by atoms with Crippen molar-refractivity contribution in [2.45, 2.75) is 18.7 Å². The first-order valence-electron chi connectivity index (χ1n) is 6.59. The van der Waals surface area contributed by atoms with Gasteiger partial charge in [0.15, 0.2) is 0 Å². The van der Waals surface area contributed by atoms with Crippen LogP contribution >= 0.6 is 0 Å². The highest BCUT2D eigenvalue weighted by Gasteiger charge is 2.19. The van der Waals surface area contributed by atoms with Gasteiger partial charge in [-0.1, -0.05) is 23.8 Å². The standard InChI is InChI=1S/C16H16N2O2S/c1-11-3-6-13(7-4-11)21(19,20)18-10-9-14-15(18)8-5-12(2)16(14)17/h3-10H,17H2,1-2H3. The zero-order valence-corrected chi connectivity index (χ0v) is 12.7. The zero-order valence-electron chi connectivity index (χ0n) is 11.9. The Morgan fingerprint density at radius 1 is 0.952 bits per heavy atom. The molecular weight excluding hydrogens is 284 g/mol. The topological polar surface area (TPSA) is 65.1 Å². The predicted molar refractivity (Wildman–Crippen MR) is 84.9 cm³/mol. The number of benzene rings is 2. The normalized spacial score (nSPS) is 11.9. The van der Waals surface area contributed by atoms with E-state index in [1.165, 1.54) is 3.97 Å². The molecule has 0 bridgehead atoms. The molecule has 1 heterocycles. The van der Waals surface area contributed by atoms with E-state index < -0.39 is 10.0 Å². The summed E-state index contributed by atoms with van der Waals surface area (Å²) in [5.41, 5.74) is 9.19. The van der Waals surface area contributed by atoms with Gasteiger partial charge in [0.05, 0.1) is 10.4 Å². The molecule has 3 aromatic rings. The minimum atomic E-state index is -3.61. The maximum atomic E-state index is 12.7. The number of fused-ring (bicyclic) bond motifs is 1. The molecule has 0 amide bonds. The average Bonchev–Trinajstić information content (AvgIpc) is 2.89. The number of aryl methyl sites for hydroxylation is 2. The number of nitrogen functional groups attached to an aromatic ring is 1. The third-order valence-electron chi connectivity index (χ3n) is 3.67. The van der Waals surface area contributed by atoms with E-state index in [9.17, 15) is 8.42 Å². The van der Waals surface area contributed by atoms with Crippen LogP contribution in [0.25, 0.3) is 10.9 Å². The van der Waals surface area contributed by atoms with Crippen LogP contribution in [0.2, 0.25) is 0 Å². The fraction of sp³-hybridized carbons (Fsp3) is 0.125. The van der Waals surface area contributed by atoms with Gasteiger partial charge in [-0.25, -0.2) is 12.4 Å². The maximum Gasteiger partial charge on any atom is 0.268 e. The highest BCUT2D eigenvalue weighted by molar-refractivity contribution is 7.90. The summed E-state index contributed by atoms with van der Waals surface area (Å²) >= 11 is 0. The van der Waals surface area contributed by atoms with E-state index in [0.717, 1.165) is 16.5 Å². The van der Waals surface area contributed by atoms with Crippen LogP contribution in [-0.2, 0) is 10.0 Å². The monoisotopic (exact) mass is 300 g/mol. The molecule has 4 nitrogen and oxygen atoms in total. The van der Waals surface area contributed by atoms with Gasteiger partial charge in [-0.05, 0) is 43.7 Å². The average molecular weight is 300 g/mol. The Morgan fingerprint density at radius 2 is 1.62 bits per heavy atom. The molecule has 0 aliphatic heterocycles. The Hall–Kier alpha value is -2.27. The van der Waals surface area contributed by atoms with Gasteiger partial charge in [-0.3, -0.25) is 0 Å². The largest absolute Gasteiger partial charge is 0.398 e. The van der Waals surface area contributed by atoms with Crippen LogP contribution in [0.4, 0.5) is 5.69 Å². The fourth-order valence-electron chi connectivity index (χ4n) is 2.36. The smallest absolute Gasteiger partial charge is 0.268 e. The molecule has 21 heavy (non-hydrogen) atoms. The summed E-state index contributed by atoms with van der Waals surface area (Å²) in [6, 6.07) is 12.2. The lowest BCUT2D eigenvalue weighted by Crippen LogP contribution is -2.11. The van der Waals surface area contributed by atoms with Gasteiger partial charge in [-0.15, -0.1) is 0 Å². The first kappa shape index (κ1) is 13.7. The molecule has 0 saturated carbocycles. The summed E-state index contributed by atoms with van der Waals surface area (Å²) in [5.74, 6) is 0. The Kier molecular flexibility index (Phi) is 3.02. The summed E-state index contributed by atoms with van der Waals surface area (Å²) < 4.78 is 26.8. The molecule has 5 heteroatoms. The van der Waals surface area contributed by atoms with E-state index in [0.29, 0.717) is 11.2 Å². The van der Waals surface area contributed by atoms with E-state index in [1.54, 1.807) is 42.6 Å². The minimum absolute atomic E-state index is 0.268. The maximum absolute atomic E-state index is 12.7. The zero-order chi connectivity index (χ0) is 15.2. The van der Waals surface area contributed by atoms with Gasteiger partial charge in [0.25, 0.3) is 10.0 Å². The van der Waals surface area contributed by atoms with Crippen LogP contribution in [0.15, 0.2) is 53.6 Å². The quantitative estimate of drug-likeness (QED) is 0.740. The number of rotatable bonds is 2. The van der Waals surface area contributed by atoms with Crippen molar-refractivity contribution < 1.29 is 8.42 Å². The molecule has 108 valence electrons. The van der Waals surface area contributed by atoms with Crippen LogP contribution in [0.3, 0.4) is 0 Å². The second kappa shape index (κ2) is 4.63. The van der Waals surface area contributed by atoms with Gasteiger partial charge >= 0.3 is 0 Å². The van der Waals surface area contributed by atoms with E-state index >= 15 is 0 Å². The lowest BCUT2D eigenvalue weighted by atomic mass is 10.1. The summed E-state index contributed by atoms with van der Waals surface area (Å²) in [6.07, 6.45) is 1.55. The van der Waals surface area contributed by atoms with Crippen LogP contribution in [-0.4, -0.2) is 12.4 Å². The number of aromatic nitrogens is 1. The van der Waals surface area contributed by atoms with Crippen molar-refractivity contribution in [3.05, 3.63) is 59.8 Å². The fourth-order valence-corrected chi connectivity index (χ4v) is 3.70. The first-order valence-corrected chi connectivity index (χ1v) is 8.03. The van der Waals surface area contributed by atoms with E-state index in [1.807, 2.05) is 19.9 Å².